The van der Waals surface area contributed by atoms with E-state index in [1.54, 1.807) is 0 Å². The van der Waals surface area contributed by atoms with Gasteiger partial charge in [0.1, 0.15) is 0 Å². The average molecular weight is 359 g/mol. The van der Waals surface area contributed by atoms with Crippen molar-refractivity contribution >= 4 is 26.8 Å². The molecule has 112 valence electrons. The Morgan fingerprint density at radius 3 is 2.77 bits per heavy atom. The lowest BCUT2D eigenvalue weighted by Crippen LogP contribution is -2.44. The highest BCUT2D eigenvalue weighted by atomic mass is 79.9. The van der Waals surface area contributed by atoms with E-state index in [4.69, 9.17) is 10.3 Å². The minimum absolute atomic E-state index is 0.414. The number of aromatic nitrogens is 3. The molecule has 6 heteroatoms. The highest BCUT2D eigenvalue weighted by Crippen LogP contribution is 2.38. The standard InChI is InChI=1S/C16H15BrN4O/c1-9-7-12(11-4-3-10(17)8-13(11)19-9)14-20-15(21-22-14)16(18)5-2-6-16/h3-4,7-8H,2,5-6,18H2,1H3. The molecule has 5 nitrogen and oxygen atoms in total. The van der Waals surface area contributed by atoms with E-state index in [1.807, 2.05) is 31.2 Å². The molecule has 2 heterocycles. The number of hydrogen-bond donors (Lipinski definition) is 1. The van der Waals surface area contributed by atoms with Crippen molar-refractivity contribution in [3.8, 4) is 11.5 Å². The van der Waals surface area contributed by atoms with Gasteiger partial charge in [-0.2, -0.15) is 4.98 Å². The molecule has 1 aromatic carbocycles. The van der Waals surface area contributed by atoms with E-state index in [2.05, 4.69) is 31.1 Å². The molecule has 22 heavy (non-hydrogen) atoms. The Morgan fingerprint density at radius 1 is 1.23 bits per heavy atom. The van der Waals surface area contributed by atoms with Crippen molar-refractivity contribution in [3.05, 3.63) is 40.3 Å². The Balaban J connectivity index is 1.87. The van der Waals surface area contributed by atoms with E-state index in [9.17, 15) is 0 Å². The number of nitrogens with zero attached hydrogens (tertiary/aromatic N) is 3. The zero-order valence-electron chi connectivity index (χ0n) is 12.1. The molecule has 0 unspecified atom stereocenters. The van der Waals surface area contributed by atoms with Gasteiger partial charge in [-0.15, -0.1) is 0 Å². The van der Waals surface area contributed by atoms with Crippen LogP contribution in [0.3, 0.4) is 0 Å². The molecule has 1 aliphatic carbocycles. The van der Waals surface area contributed by atoms with E-state index >= 15 is 0 Å². The minimum Gasteiger partial charge on any atom is -0.334 e. The second-order valence-corrected chi connectivity index (χ2v) is 6.82. The molecular formula is C16H15BrN4O. The summed E-state index contributed by atoms with van der Waals surface area (Å²) in [6.45, 7) is 1.96. The predicted molar refractivity (Wildman–Crippen MR) is 87.2 cm³/mol. The molecule has 0 spiro atoms. The Kier molecular flexibility index (Phi) is 3.06. The molecule has 1 fully saturated rings. The molecule has 2 N–H and O–H groups in total. The van der Waals surface area contributed by atoms with Crippen LogP contribution in [0, 0.1) is 6.92 Å². The minimum atomic E-state index is -0.414. The first-order valence-electron chi connectivity index (χ1n) is 7.25. The van der Waals surface area contributed by atoms with Crippen molar-refractivity contribution in [2.45, 2.75) is 31.7 Å². The predicted octanol–water partition coefficient (Wildman–Crippen LogP) is 3.69. The Morgan fingerprint density at radius 2 is 2.05 bits per heavy atom. The molecular weight excluding hydrogens is 344 g/mol. The number of pyridine rings is 1. The number of fused-ring (bicyclic) bond motifs is 1. The van der Waals surface area contributed by atoms with Crippen LogP contribution in [0.1, 0.15) is 30.8 Å². The molecule has 3 aromatic rings. The van der Waals surface area contributed by atoms with Crippen molar-refractivity contribution in [1.82, 2.24) is 15.1 Å². The summed E-state index contributed by atoms with van der Waals surface area (Å²) in [5, 5.41) is 5.09. The second kappa shape index (κ2) is 4.86. The third-order valence-electron chi connectivity index (χ3n) is 4.25. The highest BCUT2D eigenvalue weighted by Gasteiger charge is 2.39. The fourth-order valence-electron chi connectivity index (χ4n) is 2.83. The molecule has 1 aliphatic rings. The first-order valence-corrected chi connectivity index (χ1v) is 8.05. The molecule has 0 bridgehead atoms. The molecule has 0 atom stereocenters. The third kappa shape index (κ3) is 2.14. The summed E-state index contributed by atoms with van der Waals surface area (Å²) in [6.07, 6.45) is 2.94. The number of hydrogen-bond acceptors (Lipinski definition) is 5. The topological polar surface area (TPSA) is 77.8 Å². The Bertz CT molecular complexity index is 864. The van der Waals surface area contributed by atoms with Gasteiger partial charge >= 0.3 is 0 Å². The number of halogens is 1. The van der Waals surface area contributed by atoms with E-state index in [-0.39, 0.29) is 0 Å². The van der Waals surface area contributed by atoms with Gasteiger partial charge in [-0.1, -0.05) is 27.2 Å². The van der Waals surface area contributed by atoms with Crippen molar-refractivity contribution in [2.24, 2.45) is 5.73 Å². The zero-order valence-corrected chi connectivity index (χ0v) is 13.7. The molecule has 0 radical (unpaired) electrons. The summed E-state index contributed by atoms with van der Waals surface area (Å²) in [7, 11) is 0. The molecule has 2 aromatic heterocycles. The van der Waals surface area contributed by atoms with Gasteiger partial charge in [-0.3, -0.25) is 4.98 Å². The highest BCUT2D eigenvalue weighted by molar-refractivity contribution is 9.10. The Labute approximate surface area is 136 Å². The fourth-order valence-corrected chi connectivity index (χ4v) is 3.18. The summed E-state index contributed by atoms with van der Waals surface area (Å²) in [6, 6.07) is 7.94. The lowest BCUT2D eigenvalue weighted by atomic mass is 9.77. The Hall–Kier alpha value is -1.79. The van der Waals surface area contributed by atoms with Crippen LogP contribution in [0.2, 0.25) is 0 Å². The lowest BCUT2D eigenvalue weighted by Gasteiger charge is -2.34. The summed E-state index contributed by atoms with van der Waals surface area (Å²) in [4.78, 5) is 9.11. The summed E-state index contributed by atoms with van der Waals surface area (Å²) in [5.41, 5.74) is 8.57. The number of rotatable bonds is 2. The smallest absolute Gasteiger partial charge is 0.258 e. The largest absolute Gasteiger partial charge is 0.334 e. The van der Waals surface area contributed by atoms with Crippen molar-refractivity contribution in [1.29, 1.82) is 0 Å². The van der Waals surface area contributed by atoms with E-state index in [1.165, 1.54) is 0 Å². The molecule has 0 aliphatic heterocycles. The number of nitrogens with two attached hydrogens (primary N) is 1. The van der Waals surface area contributed by atoms with Gasteiger partial charge in [0, 0.05) is 15.6 Å². The number of benzene rings is 1. The lowest BCUT2D eigenvalue weighted by molar-refractivity contribution is 0.229. The van der Waals surface area contributed by atoms with Gasteiger partial charge in [0.05, 0.1) is 16.6 Å². The number of aryl methyl sites for hydroxylation is 1. The van der Waals surface area contributed by atoms with Crippen molar-refractivity contribution < 1.29 is 4.52 Å². The SMILES string of the molecule is Cc1cc(-c2nc(C3(N)CCC3)no2)c2ccc(Br)cc2n1. The summed E-state index contributed by atoms with van der Waals surface area (Å²) >= 11 is 3.48. The first-order chi connectivity index (χ1) is 10.5. The third-order valence-corrected chi connectivity index (χ3v) is 4.74. The van der Waals surface area contributed by atoms with Crippen molar-refractivity contribution in [3.63, 3.8) is 0 Å². The van der Waals surface area contributed by atoms with Gasteiger partial charge in [-0.25, -0.2) is 0 Å². The monoisotopic (exact) mass is 358 g/mol. The van der Waals surface area contributed by atoms with Crippen LogP contribution in [0.25, 0.3) is 22.4 Å². The van der Waals surface area contributed by atoms with Crippen LogP contribution >= 0.6 is 15.9 Å². The zero-order chi connectivity index (χ0) is 15.3. The summed E-state index contributed by atoms with van der Waals surface area (Å²) < 4.78 is 6.48. The first kappa shape index (κ1) is 13.8. The van der Waals surface area contributed by atoms with Crippen LogP contribution in [0.15, 0.2) is 33.3 Å². The van der Waals surface area contributed by atoms with Gasteiger partial charge in [-0.05, 0) is 44.4 Å². The van der Waals surface area contributed by atoms with Gasteiger partial charge in [0.15, 0.2) is 5.82 Å². The van der Waals surface area contributed by atoms with Crippen LogP contribution in [0.5, 0.6) is 0 Å². The molecule has 1 saturated carbocycles. The van der Waals surface area contributed by atoms with E-state index in [0.717, 1.165) is 45.9 Å². The van der Waals surface area contributed by atoms with Crippen LogP contribution in [-0.2, 0) is 5.54 Å². The molecule has 4 rings (SSSR count). The van der Waals surface area contributed by atoms with Gasteiger partial charge in [0.2, 0.25) is 0 Å². The fraction of sp³-hybridized carbons (Fsp3) is 0.312. The maximum Gasteiger partial charge on any atom is 0.258 e. The quantitative estimate of drug-likeness (QED) is 0.755. The van der Waals surface area contributed by atoms with Gasteiger partial charge in [0.25, 0.3) is 5.89 Å². The van der Waals surface area contributed by atoms with Gasteiger partial charge < -0.3 is 10.3 Å². The normalized spacial score (nSPS) is 16.7. The van der Waals surface area contributed by atoms with E-state index in [0.29, 0.717) is 11.7 Å². The van der Waals surface area contributed by atoms with Crippen molar-refractivity contribution in [2.75, 3.05) is 0 Å². The maximum atomic E-state index is 6.27. The van der Waals surface area contributed by atoms with Crippen LogP contribution in [0.4, 0.5) is 0 Å². The van der Waals surface area contributed by atoms with Crippen LogP contribution < -0.4 is 5.73 Å². The second-order valence-electron chi connectivity index (χ2n) is 5.91. The molecule has 0 amide bonds. The summed E-state index contributed by atoms with van der Waals surface area (Å²) in [5.74, 6) is 1.11. The van der Waals surface area contributed by atoms with E-state index < -0.39 is 5.54 Å². The molecule has 0 saturated heterocycles. The average Bonchev–Trinajstić information content (AvgIpc) is 2.93. The van der Waals surface area contributed by atoms with Crippen LogP contribution in [-0.4, -0.2) is 15.1 Å². The maximum absolute atomic E-state index is 6.27.